The Kier molecular flexibility index (Phi) is 4.43. The van der Waals surface area contributed by atoms with Crippen molar-refractivity contribution in [3.05, 3.63) is 96.1 Å². The Labute approximate surface area is 217 Å². The number of thiazole rings is 1. The molecule has 0 amide bonds. The molecule has 9 heteroatoms. The number of ether oxygens (including phenoxy) is 2. The van der Waals surface area contributed by atoms with E-state index in [1.807, 2.05) is 67.6 Å². The van der Waals surface area contributed by atoms with Crippen LogP contribution in [0, 0.1) is 5.92 Å². The van der Waals surface area contributed by atoms with Crippen molar-refractivity contribution in [2.45, 2.75) is 24.1 Å². The maximum Gasteiger partial charge on any atom is 0.315 e. The average Bonchev–Trinajstić information content (AvgIpc) is 3.28. The van der Waals surface area contributed by atoms with Crippen molar-refractivity contribution >= 4 is 39.3 Å². The highest BCUT2D eigenvalue weighted by Gasteiger charge is 2.88. The lowest BCUT2D eigenvalue weighted by Gasteiger charge is -2.26. The maximum absolute atomic E-state index is 13.8. The van der Waals surface area contributed by atoms with Crippen LogP contribution in [0.3, 0.4) is 0 Å². The summed E-state index contributed by atoms with van der Waals surface area (Å²) in [7, 11) is 1.37. The first kappa shape index (κ1) is 21.8. The molecule has 7 rings (SSSR count). The Bertz CT molecular complexity index is 1750. The summed E-state index contributed by atoms with van der Waals surface area (Å²) in [5, 5.41) is 0. The minimum atomic E-state index is -0.988. The number of fused-ring (bicyclic) bond motifs is 4. The van der Waals surface area contributed by atoms with Gasteiger partial charge in [-0.3, -0.25) is 14.2 Å². The first-order valence-corrected chi connectivity index (χ1v) is 13.0. The summed E-state index contributed by atoms with van der Waals surface area (Å²) in [4.78, 5) is 32.0. The number of carbonyl (C=O) groups excluding carboxylic acids is 1. The molecule has 0 radical (unpaired) electrons. The maximum atomic E-state index is 13.8. The Hall–Kier alpha value is -3.43. The van der Waals surface area contributed by atoms with Crippen LogP contribution in [0.5, 0.6) is 5.75 Å². The van der Waals surface area contributed by atoms with Gasteiger partial charge in [-0.15, -0.1) is 0 Å². The molecule has 4 atom stereocenters. The number of halogens is 1. The van der Waals surface area contributed by atoms with Crippen molar-refractivity contribution in [1.82, 2.24) is 4.57 Å². The molecule has 1 saturated carbocycles. The molecule has 4 heterocycles. The molecule has 7 nitrogen and oxygen atoms in total. The van der Waals surface area contributed by atoms with Crippen LogP contribution in [0.15, 0.2) is 79.3 Å². The Morgan fingerprint density at radius 3 is 2.72 bits per heavy atom. The normalized spacial score (nSPS) is 27.2. The van der Waals surface area contributed by atoms with E-state index in [2.05, 4.69) is 15.9 Å². The molecule has 2 aromatic carbocycles. The molecule has 2 aromatic heterocycles. The van der Waals surface area contributed by atoms with E-state index in [1.54, 1.807) is 10.6 Å². The Morgan fingerprint density at radius 2 is 1.94 bits per heavy atom. The number of methoxy groups -OCH3 is 1. The number of furan rings is 1. The van der Waals surface area contributed by atoms with E-state index in [0.717, 1.165) is 15.6 Å². The van der Waals surface area contributed by atoms with Gasteiger partial charge < -0.3 is 13.9 Å². The fourth-order valence-corrected chi connectivity index (χ4v) is 7.13. The topological polar surface area (TPSA) is 83.0 Å². The number of rotatable bonds is 3. The molecule has 0 bridgehead atoms. The van der Waals surface area contributed by atoms with Gasteiger partial charge in [-0.2, -0.15) is 0 Å². The molecule has 3 aliphatic rings. The van der Waals surface area contributed by atoms with Crippen molar-refractivity contribution in [3.8, 4) is 17.1 Å². The molecular weight excluding hydrogens is 544 g/mol. The summed E-state index contributed by atoms with van der Waals surface area (Å²) in [6.45, 7) is 1.90. The van der Waals surface area contributed by atoms with Crippen molar-refractivity contribution < 1.29 is 18.7 Å². The van der Waals surface area contributed by atoms with Gasteiger partial charge in [-0.05, 0) is 37.3 Å². The van der Waals surface area contributed by atoms with Gasteiger partial charge >= 0.3 is 5.97 Å². The van der Waals surface area contributed by atoms with Crippen LogP contribution < -0.4 is 19.6 Å². The van der Waals surface area contributed by atoms with Gasteiger partial charge in [-0.1, -0.05) is 57.6 Å². The summed E-state index contributed by atoms with van der Waals surface area (Å²) < 4.78 is 20.7. The summed E-state index contributed by atoms with van der Waals surface area (Å²) in [6, 6.07) is 18.7. The summed E-state index contributed by atoms with van der Waals surface area (Å²) in [5.74, 6) is 0.962. The summed E-state index contributed by atoms with van der Waals surface area (Å²) in [6.07, 6.45) is 1.75. The molecule has 0 N–H and O–H groups in total. The van der Waals surface area contributed by atoms with Crippen LogP contribution in [0.2, 0.25) is 0 Å². The van der Waals surface area contributed by atoms with E-state index in [0.29, 0.717) is 26.6 Å². The van der Waals surface area contributed by atoms with Crippen molar-refractivity contribution in [1.29, 1.82) is 0 Å². The van der Waals surface area contributed by atoms with Crippen molar-refractivity contribution in [3.63, 3.8) is 0 Å². The van der Waals surface area contributed by atoms with E-state index in [1.165, 1.54) is 18.4 Å². The Morgan fingerprint density at radius 1 is 1.17 bits per heavy atom. The fourth-order valence-electron chi connectivity index (χ4n) is 5.79. The number of nitrogens with zero attached hydrogens (tertiary/aromatic N) is 2. The highest BCUT2D eigenvalue weighted by molar-refractivity contribution is 9.10. The molecule has 1 aliphatic carbocycles. The smallest absolute Gasteiger partial charge is 0.315 e. The zero-order valence-corrected chi connectivity index (χ0v) is 21.6. The van der Waals surface area contributed by atoms with Gasteiger partial charge in [0.05, 0.1) is 11.6 Å². The zero-order valence-electron chi connectivity index (χ0n) is 19.2. The summed E-state index contributed by atoms with van der Waals surface area (Å²) in [5.41, 5.74) is -0.203. The average molecular weight is 563 g/mol. The van der Waals surface area contributed by atoms with Crippen LogP contribution in [-0.2, 0) is 9.53 Å². The number of benzene rings is 2. The van der Waals surface area contributed by atoms with Crippen molar-refractivity contribution in [2.24, 2.45) is 10.9 Å². The largest absolute Gasteiger partial charge is 0.481 e. The Balaban J connectivity index is 1.38. The second kappa shape index (κ2) is 7.30. The quantitative estimate of drug-likeness (QED) is 0.356. The number of hydrogen-bond acceptors (Lipinski definition) is 7. The summed E-state index contributed by atoms with van der Waals surface area (Å²) >= 11 is 4.73. The highest BCUT2D eigenvalue weighted by atomic mass is 79.9. The van der Waals surface area contributed by atoms with Crippen LogP contribution in [0.25, 0.3) is 17.4 Å². The molecule has 0 unspecified atom stereocenters. The second-order valence-electron chi connectivity index (χ2n) is 9.33. The van der Waals surface area contributed by atoms with Crippen LogP contribution >= 0.6 is 27.3 Å². The van der Waals surface area contributed by atoms with Crippen molar-refractivity contribution in [2.75, 3.05) is 7.11 Å². The molecular formula is C27H19BrN2O5S. The van der Waals surface area contributed by atoms with Gasteiger partial charge in [0.15, 0.2) is 10.4 Å². The monoisotopic (exact) mass is 562 g/mol. The third-order valence-electron chi connectivity index (χ3n) is 7.49. The van der Waals surface area contributed by atoms with Crippen LogP contribution in [-0.4, -0.2) is 28.8 Å². The van der Waals surface area contributed by atoms with Gasteiger partial charge in [0.2, 0.25) is 0 Å². The molecule has 180 valence electrons. The van der Waals surface area contributed by atoms with Gasteiger partial charge in [0.1, 0.15) is 34.8 Å². The first-order chi connectivity index (χ1) is 17.4. The lowest BCUT2D eigenvalue weighted by atomic mass is 9.97. The highest BCUT2D eigenvalue weighted by Crippen LogP contribution is 2.70. The standard InChI is InChI=1S/C27H19BrN2O5S/c1-26-21(24(32)33-2)27(26)22(17-5-3-4-6-19(17)35-27)30-23(31)20(36-25(30)29-26)13-16-11-12-18(34-16)14-7-9-15(28)10-8-14/h3-13,21-22H,1-2H3/b20-13-/t21-,22-,26+,27-/m1/s1. The zero-order chi connectivity index (χ0) is 24.8. The van der Waals surface area contributed by atoms with Crippen LogP contribution in [0.4, 0.5) is 0 Å². The molecule has 1 spiro atoms. The number of aromatic nitrogens is 1. The first-order valence-electron chi connectivity index (χ1n) is 11.4. The number of hydrogen-bond donors (Lipinski definition) is 0. The molecule has 2 aliphatic heterocycles. The second-order valence-corrected chi connectivity index (χ2v) is 11.3. The minimum absolute atomic E-state index is 0.192. The SMILES string of the molecule is COC(=O)[C@H]1[C@@]23Oc4ccccc4[C@H]2n2c(s/c(=C\c4ccc(-c5ccc(Br)cc5)o4)c2=O)=N[C@@]13C. The number of para-hydroxylation sites is 1. The lowest BCUT2D eigenvalue weighted by molar-refractivity contribution is -0.144. The van der Waals surface area contributed by atoms with E-state index >= 15 is 0 Å². The minimum Gasteiger partial charge on any atom is -0.481 e. The molecule has 0 saturated heterocycles. The molecule has 1 fully saturated rings. The predicted molar refractivity (Wildman–Crippen MR) is 137 cm³/mol. The van der Waals surface area contributed by atoms with E-state index in [-0.39, 0.29) is 11.5 Å². The van der Waals surface area contributed by atoms with E-state index in [4.69, 9.17) is 18.9 Å². The third-order valence-corrected chi connectivity index (χ3v) is 9.00. The van der Waals surface area contributed by atoms with Crippen LogP contribution in [0.1, 0.15) is 24.3 Å². The van der Waals surface area contributed by atoms with Gasteiger partial charge in [0.25, 0.3) is 5.56 Å². The molecule has 4 aromatic rings. The predicted octanol–water partition coefficient (Wildman–Crippen LogP) is 3.68. The third kappa shape index (κ3) is 2.70. The molecule has 36 heavy (non-hydrogen) atoms. The van der Waals surface area contributed by atoms with Gasteiger partial charge in [-0.25, -0.2) is 4.99 Å². The van der Waals surface area contributed by atoms with Gasteiger partial charge in [0, 0.05) is 21.7 Å². The van der Waals surface area contributed by atoms with E-state index in [9.17, 15) is 9.59 Å². The number of esters is 1. The number of carbonyl (C=O) groups is 1. The van der Waals surface area contributed by atoms with E-state index < -0.39 is 23.1 Å². The fraction of sp³-hybridized carbons (Fsp3) is 0.222. The lowest BCUT2D eigenvalue weighted by Crippen LogP contribution is -2.47.